The van der Waals surface area contributed by atoms with Crippen LogP contribution in [-0.4, -0.2) is 20.2 Å². The number of fused-ring (bicyclic) bond motifs is 1. The van der Waals surface area contributed by atoms with Gasteiger partial charge in [-0.05, 0) is 25.1 Å². The summed E-state index contributed by atoms with van der Waals surface area (Å²) in [4.78, 5) is 8.50. The molecule has 3 aromatic heterocycles. The first-order valence-electron chi connectivity index (χ1n) is 5.48. The highest BCUT2D eigenvalue weighted by Gasteiger charge is 2.07. The highest BCUT2D eigenvalue weighted by Crippen LogP contribution is 2.23. The predicted molar refractivity (Wildman–Crippen MR) is 85.2 cm³/mol. The molecular weight excluding hydrogens is 299 g/mol. The lowest BCUT2D eigenvalue weighted by Crippen LogP contribution is -1.98. The van der Waals surface area contributed by atoms with E-state index in [9.17, 15) is 0 Å². The topological polar surface area (TPSA) is 106 Å². The highest BCUT2D eigenvalue weighted by atomic mass is 35.5. The van der Waals surface area contributed by atoms with E-state index in [2.05, 4.69) is 20.2 Å². The van der Waals surface area contributed by atoms with Crippen LogP contribution in [0.15, 0.2) is 24.3 Å². The summed E-state index contributed by atoms with van der Waals surface area (Å²) in [5.74, 6) is 0.755. The normalized spacial score (nSPS) is 9.85. The van der Waals surface area contributed by atoms with Crippen LogP contribution < -0.4 is 11.5 Å². The average Bonchev–Trinajstić information content (AvgIpc) is 2.75. The first-order valence-corrected chi connectivity index (χ1v) is 5.48. The molecule has 0 saturated heterocycles. The summed E-state index contributed by atoms with van der Waals surface area (Å²) in [7, 11) is 0. The van der Waals surface area contributed by atoms with E-state index in [1.165, 1.54) is 0 Å². The molecule has 0 fully saturated rings. The number of hydrogen-bond acceptors (Lipinski definition) is 5. The van der Waals surface area contributed by atoms with Gasteiger partial charge in [-0.15, -0.1) is 24.8 Å². The summed E-state index contributed by atoms with van der Waals surface area (Å²) in [6.45, 7) is 1.94. The number of nitrogens with two attached hydrogens (primary N) is 2. The van der Waals surface area contributed by atoms with Crippen molar-refractivity contribution in [3.8, 4) is 11.4 Å². The van der Waals surface area contributed by atoms with Crippen LogP contribution in [0.4, 0.5) is 11.6 Å². The second-order valence-electron chi connectivity index (χ2n) is 4.13. The molecule has 6 nitrogen and oxygen atoms in total. The van der Waals surface area contributed by atoms with Gasteiger partial charge in [-0.25, -0.2) is 9.97 Å². The van der Waals surface area contributed by atoms with Gasteiger partial charge in [-0.2, -0.15) is 5.10 Å². The second-order valence-corrected chi connectivity index (χ2v) is 4.13. The van der Waals surface area contributed by atoms with Gasteiger partial charge in [0, 0.05) is 17.1 Å². The molecule has 0 unspecified atom stereocenters. The summed E-state index contributed by atoms with van der Waals surface area (Å²) in [6, 6.07) is 7.38. The Morgan fingerprint density at radius 1 is 1.00 bits per heavy atom. The number of nitrogens with zero attached hydrogens (tertiary/aromatic N) is 3. The summed E-state index contributed by atoms with van der Waals surface area (Å²) in [6.07, 6.45) is 0. The van der Waals surface area contributed by atoms with E-state index in [1.807, 2.05) is 25.1 Å². The van der Waals surface area contributed by atoms with Crippen molar-refractivity contribution in [1.82, 2.24) is 20.2 Å². The van der Waals surface area contributed by atoms with Crippen molar-refractivity contribution in [2.24, 2.45) is 0 Å². The van der Waals surface area contributed by atoms with Crippen LogP contribution in [-0.2, 0) is 0 Å². The van der Waals surface area contributed by atoms with Gasteiger partial charge in [0.05, 0.1) is 11.2 Å². The molecule has 0 atom stereocenters. The Labute approximate surface area is 127 Å². The molecule has 0 bridgehead atoms. The third-order valence-corrected chi connectivity index (χ3v) is 2.70. The van der Waals surface area contributed by atoms with Crippen molar-refractivity contribution < 1.29 is 0 Å². The van der Waals surface area contributed by atoms with E-state index in [0.29, 0.717) is 11.6 Å². The molecule has 0 radical (unpaired) electrons. The van der Waals surface area contributed by atoms with Gasteiger partial charge in [0.1, 0.15) is 17.3 Å². The van der Waals surface area contributed by atoms with Gasteiger partial charge in [-0.1, -0.05) is 0 Å². The third-order valence-electron chi connectivity index (χ3n) is 2.70. The number of rotatable bonds is 1. The molecular formula is C12H14Cl2N6. The molecule has 0 aromatic carbocycles. The number of nitrogens with one attached hydrogen (secondary N) is 1. The molecule has 0 spiro atoms. The van der Waals surface area contributed by atoms with E-state index >= 15 is 0 Å². The zero-order valence-electron chi connectivity index (χ0n) is 10.6. The van der Waals surface area contributed by atoms with Crippen molar-refractivity contribution in [3.63, 3.8) is 0 Å². The fourth-order valence-corrected chi connectivity index (χ4v) is 1.87. The van der Waals surface area contributed by atoms with E-state index in [1.54, 1.807) is 6.07 Å². The lowest BCUT2D eigenvalue weighted by atomic mass is 10.2. The molecule has 3 aromatic rings. The van der Waals surface area contributed by atoms with Gasteiger partial charge in [0.15, 0.2) is 0 Å². The molecule has 5 N–H and O–H groups in total. The van der Waals surface area contributed by atoms with Crippen LogP contribution in [0.3, 0.4) is 0 Å². The van der Waals surface area contributed by atoms with Crippen molar-refractivity contribution in [2.75, 3.05) is 11.5 Å². The number of aromatic amines is 1. The Morgan fingerprint density at radius 2 is 1.75 bits per heavy atom. The van der Waals surface area contributed by atoms with Crippen LogP contribution in [0.2, 0.25) is 0 Å². The number of anilines is 2. The van der Waals surface area contributed by atoms with Crippen molar-refractivity contribution >= 4 is 47.4 Å². The number of H-pyrrole nitrogens is 1. The summed E-state index contributed by atoms with van der Waals surface area (Å²) in [5.41, 5.74) is 14.7. The Hall–Kier alpha value is -2.05. The lowest BCUT2D eigenvalue weighted by molar-refractivity contribution is 1.05. The molecule has 8 heteroatoms. The smallest absolute Gasteiger partial charge is 0.135 e. The maximum absolute atomic E-state index is 5.80. The monoisotopic (exact) mass is 312 g/mol. The SMILES string of the molecule is Cc1cc(-c2ccc3c(N)nc(N)cc3n2)n[nH]1.Cl.Cl. The molecule has 0 aliphatic carbocycles. The fraction of sp³-hybridized carbons (Fsp3) is 0.0833. The van der Waals surface area contributed by atoms with Crippen molar-refractivity contribution in [2.45, 2.75) is 6.92 Å². The van der Waals surface area contributed by atoms with Crippen LogP contribution in [0.5, 0.6) is 0 Å². The van der Waals surface area contributed by atoms with Gasteiger partial charge < -0.3 is 11.5 Å². The fourth-order valence-electron chi connectivity index (χ4n) is 1.87. The standard InChI is InChI=1S/C12H12N6.2ClH/c1-6-4-10(18-17-6)8-3-2-7-9(15-8)5-11(13)16-12(7)14;;/h2-5H,1H3,(H,17,18)(H4,13,14,16);2*1H. The van der Waals surface area contributed by atoms with E-state index < -0.39 is 0 Å². The summed E-state index contributed by atoms with van der Waals surface area (Å²) >= 11 is 0. The Kier molecular flexibility index (Phi) is 4.75. The molecule has 0 aliphatic heterocycles. The third kappa shape index (κ3) is 2.76. The lowest BCUT2D eigenvalue weighted by Gasteiger charge is -2.04. The van der Waals surface area contributed by atoms with E-state index in [0.717, 1.165) is 28.0 Å². The van der Waals surface area contributed by atoms with Gasteiger partial charge in [0.25, 0.3) is 0 Å². The average molecular weight is 313 g/mol. The summed E-state index contributed by atoms with van der Waals surface area (Å²) in [5, 5.41) is 7.85. The molecule has 3 heterocycles. The van der Waals surface area contributed by atoms with Crippen LogP contribution in [0.25, 0.3) is 22.3 Å². The number of aromatic nitrogens is 4. The molecule has 0 amide bonds. The number of pyridine rings is 2. The maximum atomic E-state index is 5.80. The number of aryl methyl sites for hydroxylation is 1. The van der Waals surface area contributed by atoms with Crippen molar-refractivity contribution in [1.29, 1.82) is 0 Å². The minimum Gasteiger partial charge on any atom is -0.384 e. The number of hydrogen-bond donors (Lipinski definition) is 3. The van der Waals surface area contributed by atoms with E-state index in [-0.39, 0.29) is 24.8 Å². The Morgan fingerprint density at radius 3 is 2.40 bits per heavy atom. The second kappa shape index (κ2) is 5.94. The molecule has 0 saturated carbocycles. The zero-order chi connectivity index (χ0) is 12.7. The van der Waals surface area contributed by atoms with Gasteiger partial charge in [-0.3, -0.25) is 5.10 Å². The first kappa shape index (κ1) is 16.0. The minimum atomic E-state index is 0. The zero-order valence-corrected chi connectivity index (χ0v) is 12.3. The molecule has 20 heavy (non-hydrogen) atoms. The largest absolute Gasteiger partial charge is 0.384 e. The maximum Gasteiger partial charge on any atom is 0.135 e. The highest BCUT2D eigenvalue weighted by molar-refractivity contribution is 5.91. The minimum absolute atomic E-state index is 0. The first-order chi connectivity index (χ1) is 8.63. The molecule has 0 aliphatic rings. The Bertz CT molecular complexity index is 740. The number of nitrogen functional groups attached to an aromatic ring is 2. The van der Waals surface area contributed by atoms with Crippen molar-refractivity contribution in [3.05, 3.63) is 30.0 Å². The van der Waals surface area contributed by atoms with Gasteiger partial charge in [0.2, 0.25) is 0 Å². The Balaban J connectivity index is 0.000001000. The molecule has 106 valence electrons. The van der Waals surface area contributed by atoms with Crippen LogP contribution in [0, 0.1) is 6.92 Å². The quantitative estimate of drug-likeness (QED) is 0.639. The van der Waals surface area contributed by atoms with Crippen LogP contribution in [0.1, 0.15) is 5.69 Å². The van der Waals surface area contributed by atoms with Gasteiger partial charge >= 0.3 is 0 Å². The number of halogens is 2. The predicted octanol–water partition coefficient (Wildman–Crippen LogP) is 2.34. The van der Waals surface area contributed by atoms with E-state index in [4.69, 9.17) is 11.5 Å². The van der Waals surface area contributed by atoms with Crippen LogP contribution >= 0.6 is 24.8 Å². The molecule has 3 rings (SSSR count). The summed E-state index contributed by atoms with van der Waals surface area (Å²) < 4.78 is 0.